The number of aryl methyl sites for hydroxylation is 4. The fourth-order valence-electron chi connectivity index (χ4n) is 7.39. The van der Waals surface area contributed by atoms with Gasteiger partial charge < -0.3 is 42.9 Å². The van der Waals surface area contributed by atoms with Gasteiger partial charge in [-0.05, 0) is 88.4 Å². The Morgan fingerprint density at radius 1 is 0.590 bits per heavy atom. The molecule has 0 unspecified atom stereocenters. The van der Waals surface area contributed by atoms with Gasteiger partial charge in [-0.2, -0.15) is 0 Å². The molecule has 8 rings (SSSR count). The minimum atomic E-state index is -0.249. The quantitative estimate of drug-likeness (QED) is 0.127. The summed E-state index contributed by atoms with van der Waals surface area (Å²) in [5.74, 6) is 3.08. The lowest BCUT2D eigenvalue weighted by atomic mass is 10.1. The molecule has 318 valence electrons. The number of aromatic nitrogens is 2. The van der Waals surface area contributed by atoms with Gasteiger partial charge in [0.05, 0.1) is 40.8 Å². The third-order valence-corrected chi connectivity index (χ3v) is 11.1. The van der Waals surface area contributed by atoms with E-state index in [-0.39, 0.29) is 17.6 Å². The number of amides is 2. The second-order valence-electron chi connectivity index (χ2n) is 14.9. The van der Waals surface area contributed by atoms with Crippen LogP contribution in [-0.2, 0) is 13.2 Å². The Bertz CT molecular complexity index is 2380. The fourth-order valence-corrected chi connectivity index (χ4v) is 7.39. The van der Waals surface area contributed by atoms with Gasteiger partial charge in [-0.25, -0.2) is 4.39 Å². The van der Waals surface area contributed by atoms with Gasteiger partial charge in [0.1, 0.15) is 47.8 Å². The summed E-state index contributed by atoms with van der Waals surface area (Å²) >= 11 is 0. The number of carbonyl (C=O) groups excluding carboxylic acids is 2. The lowest BCUT2D eigenvalue weighted by molar-refractivity contribution is 0.0734. The molecule has 13 nitrogen and oxygen atoms in total. The molecule has 61 heavy (non-hydrogen) atoms. The van der Waals surface area contributed by atoms with Gasteiger partial charge in [-0.15, -0.1) is 0 Å². The molecule has 0 radical (unpaired) electrons. The van der Waals surface area contributed by atoms with E-state index >= 15 is 0 Å². The number of para-hydroxylation sites is 2. The highest BCUT2D eigenvalue weighted by molar-refractivity contribution is 5.97. The van der Waals surface area contributed by atoms with Gasteiger partial charge in [0.15, 0.2) is 0 Å². The monoisotopic (exact) mass is 830 g/mol. The molecule has 0 N–H and O–H groups in total. The van der Waals surface area contributed by atoms with Crippen molar-refractivity contribution in [2.45, 2.75) is 40.9 Å². The minimum Gasteiger partial charge on any atom is -0.497 e. The van der Waals surface area contributed by atoms with Crippen LogP contribution in [0.1, 0.15) is 54.8 Å². The SMILES string of the molecule is COc1cccc(N2CCN(C(=O)c3ccccc3OCc3c(C)noc3C)CC2)c1.Cc1noc(C)c1COc1ccccc1C(=O)N1CCN(c2ccc(F)cc2)CC1. The van der Waals surface area contributed by atoms with Crippen molar-refractivity contribution in [1.82, 2.24) is 20.1 Å². The molecule has 2 aromatic heterocycles. The topological polar surface area (TPSA) is 127 Å². The number of ether oxygens (including phenoxy) is 3. The summed E-state index contributed by atoms with van der Waals surface area (Å²) in [6.07, 6.45) is 0. The third kappa shape index (κ3) is 10.1. The summed E-state index contributed by atoms with van der Waals surface area (Å²) in [7, 11) is 1.67. The van der Waals surface area contributed by atoms with Crippen molar-refractivity contribution in [3.63, 3.8) is 0 Å². The van der Waals surface area contributed by atoms with E-state index in [9.17, 15) is 14.0 Å². The van der Waals surface area contributed by atoms with Crippen LogP contribution in [0.25, 0.3) is 0 Å². The largest absolute Gasteiger partial charge is 0.497 e. The van der Waals surface area contributed by atoms with Gasteiger partial charge in [0.25, 0.3) is 11.8 Å². The number of benzene rings is 4. The average Bonchev–Trinajstić information content (AvgIpc) is 3.81. The van der Waals surface area contributed by atoms with Crippen LogP contribution in [0.2, 0.25) is 0 Å². The number of carbonyl (C=O) groups is 2. The second kappa shape index (κ2) is 19.5. The zero-order valence-electron chi connectivity index (χ0n) is 35.2. The molecule has 0 bridgehead atoms. The Morgan fingerprint density at radius 2 is 1.05 bits per heavy atom. The number of anilines is 2. The van der Waals surface area contributed by atoms with Crippen LogP contribution in [0.3, 0.4) is 0 Å². The first kappa shape index (κ1) is 42.3. The predicted molar refractivity (Wildman–Crippen MR) is 229 cm³/mol. The first-order chi connectivity index (χ1) is 29.6. The molecule has 2 saturated heterocycles. The summed E-state index contributed by atoms with van der Waals surface area (Å²) in [5, 5.41) is 7.90. The van der Waals surface area contributed by atoms with E-state index < -0.39 is 0 Å². The summed E-state index contributed by atoms with van der Waals surface area (Å²) in [5.41, 5.74) is 6.58. The highest BCUT2D eigenvalue weighted by atomic mass is 19.1. The normalized spacial score (nSPS) is 14.0. The highest BCUT2D eigenvalue weighted by Gasteiger charge is 2.27. The standard InChI is InChI=1S/C24H27N3O4.C23H24FN3O3/c1-17-22(18(2)31-25-17)16-30-23-10-5-4-9-21(23)24(28)27-13-11-26(12-14-27)19-7-6-8-20(15-19)29-3;1-16-21(17(2)30-25-16)15-29-22-6-4-3-5-20(22)23(28)27-13-11-26(12-14-27)19-9-7-18(24)8-10-19/h4-10,15H,11-14,16H2,1-3H3;3-10H,11-15H2,1-2H3. The van der Waals surface area contributed by atoms with Crippen molar-refractivity contribution < 1.29 is 37.2 Å². The summed E-state index contributed by atoms with van der Waals surface area (Å²) in [4.78, 5) is 34.5. The fraction of sp³-hybridized carbons (Fsp3) is 0.319. The minimum absolute atomic E-state index is 0.0142. The van der Waals surface area contributed by atoms with Crippen LogP contribution in [0.5, 0.6) is 17.2 Å². The molecule has 0 atom stereocenters. The number of halogens is 1. The number of nitrogens with zero attached hydrogens (tertiary/aromatic N) is 6. The number of rotatable bonds is 11. The number of hydrogen-bond acceptors (Lipinski definition) is 11. The molecule has 0 saturated carbocycles. The van der Waals surface area contributed by atoms with Crippen LogP contribution in [0, 0.1) is 33.5 Å². The van der Waals surface area contributed by atoms with E-state index in [1.54, 1.807) is 31.4 Å². The third-order valence-electron chi connectivity index (χ3n) is 11.1. The summed E-state index contributed by atoms with van der Waals surface area (Å²) < 4.78 is 40.8. The van der Waals surface area contributed by atoms with E-state index in [4.69, 9.17) is 23.3 Å². The van der Waals surface area contributed by atoms with Gasteiger partial charge in [-0.3, -0.25) is 9.59 Å². The van der Waals surface area contributed by atoms with Crippen LogP contribution < -0.4 is 24.0 Å². The second-order valence-corrected chi connectivity index (χ2v) is 14.9. The molecule has 0 aliphatic carbocycles. The lowest BCUT2D eigenvalue weighted by Crippen LogP contribution is -2.48. The van der Waals surface area contributed by atoms with Crippen molar-refractivity contribution in [1.29, 1.82) is 0 Å². The Kier molecular flexibility index (Phi) is 13.5. The predicted octanol–water partition coefficient (Wildman–Crippen LogP) is 7.81. The Hall–Kier alpha value is -6.83. The smallest absolute Gasteiger partial charge is 0.257 e. The van der Waals surface area contributed by atoms with Crippen molar-refractivity contribution in [3.8, 4) is 17.2 Å². The van der Waals surface area contributed by atoms with Crippen molar-refractivity contribution in [3.05, 3.63) is 148 Å². The van der Waals surface area contributed by atoms with Gasteiger partial charge in [0, 0.05) is 69.8 Å². The molecule has 2 fully saturated rings. The van der Waals surface area contributed by atoms with Crippen LogP contribution in [0.15, 0.2) is 106 Å². The molecule has 14 heteroatoms. The van der Waals surface area contributed by atoms with E-state index in [2.05, 4.69) is 26.2 Å². The van der Waals surface area contributed by atoms with Crippen molar-refractivity contribution in [2.75, 3.05) is 69.3 Å². The molecular formula is C47H51FN6O7. The Labute approximate surface area is 355 Å². The molecular weight excluding hydrogens is 780 g/mol. The maximum Gasteiger partial charge on any atom is 0.257 e. The Balaban J connectivity index is 0.000000184. The first-order valence-corrected chi connectivity index (χ1v) is 20.3. The molecule has 2 aliphatic rings. The number of piperazine rings is 2. The molecule has 0 spiro atoms. The lowest BCUT2D eigenvalue weighted by Gasteiger charge is -2.36. The van der Waals surface area contributed by atoms with Crippen LogP contribution in [0.4, 0.5) is 15.8 Å². The number of hydrogen-bond donors (Lipinski definition) is 0. The van der Waals surface area contributed by atoms with E-state index in [0.717, 1.165) is 58.5 Å². The highest BCUT2D eigenvalue weighted by Crippen LogP contribution is 2.27. The van der Waals surface area contributed by atoms with Gasteiger partial charge in [0.2, 0.25) is 0 Å². The zero-order valence-corrected chi connectivity index (χ0v) is 35.2. The van der Waals surface area contributed by atoms with E-state index in [1.807, 2.05) is 92.1 Å². The molecule has 4 heterocycles. The van der Waals surface area contributed by atoms with Crippen LogP contribution >= 0.6 is 0 Å². The molecule has 6 aromatic rings. The van der Waals surface area contributed by atoms with E-state index in [1.165, 1.54) is 12.1 Å². The van der Waals surface area contributed by atoms with Crippen molar-refractivity contribution >= 4 is 23.2 Å². The Morgan fingerprint density at radius 3 is 1.49 bits per heavy atom. The van der Waals surface area contributed by atoms with Crippen LogP contribution in [-0.4, -0.2) is 91.4 Å². The summed E-state index contributed by atoms with van der Waals surface area (Å²) in [6.45, 7) is 13.5. The molecule has 4 aromatic carbocycles. The van der Waals surface area contributed by atoms with Gasteiger partial charge in [-0.1, -0.05) is 40.6 Å². The zero-order chi connectivity index (χ0) is 42.9. The number of methoxy groups -OCH3 is 1. The summed E-state index contributed by atoms with van der Waals surface area (Å²) in [6, 6.07) is 29.1. The van der Waals surface area contributed by atoms with E-state index in [0.29, 0.717) is 80.9 Å². The van der Waals surface area contributed by atoms with Gasteiger partial charge >= 0.3 is 0 Å². The first-order valence-electron chi connectivity index (χ1n) is 20.3. The van der Waals surface area contributed by atoms with Crippen molar-refractivity contribution in [2.24, 2.45) is 0 Å². The maximum absolute atomic E-state index is 13.2. The molecule has 2 aliphatic heterocycles. The average molecular weight is 831 g/mol. The molecule has 2 amide bonds. The maximum atomic E-state index is 13.2.